The number of carbonyl (C=O) groups excluding carboxylic acids is 2. The fourth-order valence-corrected chi connectivity index (χ4v) is 8.28. The first-order chi connectivity index (χ1) is 16.7. The van der Waals surface area contributed by atoms with Crippen molar-refractivity contribution in [1.29, 1.82) is 0 Å². The maximum absolute atomic E-state index is 13.8. The number of benzene rings is 1. The maximum Gasteiger partial charge on any atom is 0.286 e. The Kier molecular flexibility index (Phi) is 5.47. The smallest absolute Gasteiger partial charge is 0.286 e. The minimum absolute atomic E-state index is 0.0304. The lowest BCUT2D eigenvalue weighted by Gasteiger charge is -2.46. The van der Waals surface area contributed by atoms with Crippen molar-refractivity contribution in [3.8, 4) is 0 Å². The summed E-state index contributed by atoms with van der Waals surface area (Å²) in [6.07, 6.45) is 6.10. The molecule has 5 aliphatic rings. The van der Waals surface area contributed by atoms with E-state index in [9.17, 15) is 18.0 Å². The Bertz CT molecular complexity index is 1200. The Labute approximate surface area is 207 Å². The third-order valence-electron chi connectivity index (χ3n) is 8.79. The van der Waals surface area contributed by atoms with Crippen LogP contribution in [0.25, 0.3) is 0 Å². The van der Waals surface area contributed by atoms with Gasteiger partial charge in [-0.3, -0.25) is 9.59 Å². The predicted molar refractivity (Wildman–Crippen MR) is 134 cm³/mol. The SMILES string of the molecule is CC(C)CCN1C(=O)C(C2=NS(=O)(=O)c3cc(N4CCCC4)ccc3N2)C(=O)C2C1[C@@H]1CC[C@H]2C1. The molecule has 0 radical (unpaired) electrons. The molecule has 1 N–H and O–H groups in total. The minimum Gasteiger partial charge on any atom is -0.371 e. The van der Waals surface area contributed by atoms with Crippen LogP contribution in [0.3, 0.4) is 0 Å². The molecule has 35 heavy (non-hydrogen) atoms. The molecule has 2 aliphatic carbocycles. The lowest BCUT2D eigenvalue weighted by Crippen LogP contribution is -2.62. The van der Waals surface area contributed by atoms with Crippen LogP contribution in [0, 0.1) is 29.6 Å². The molecule has 0 spiro atoms. The van der Waals surface area contributed by atoms with Gasteiger partial charge < -0.3 is 15.1 Å². The molecule has 2 saturated carbocycles. The van der Waals surface area contributed by atoms with E-state index in [-0.39, 0.29) is 40.3 Å². The molecule has 3 unspecified atom stereocenters. The number of sulfonamides is 1. The maximum atomic E-state index is 13.8. The molecular weight excluding hydrogens is 464 g/mol. The van der Waals surface area contributed by atoms with Crippen LogP contribution in [0.15, 0.2) is 27.5 Å². The first kappa shape index (κ1) is 23.0. The van der Waals surface area contributed by atoms with Gasteiger partial charge in [0.2, 0.25) is 5.91 Å². The molecule has 1 aromatic rings. The van der Waals surface area contributed by atoms with E-state index in [1.165, 1.54) is 0 Å². The summed E-state index contributed by atoms with van der Waals surface area (Å²) < 4.78 is 30.6. The molecule has 4 fully saturated rings. The average Bonchev–Trinajstić information content (AvgIpc) is 3.56. The Balaban J connectivity index is 1.35. The number of Topliss-reactive ketones (excluding diaryl/α,β-unsaturated/α-hetero) is 1. The zero-order valence-corrected chi connectivity index (χ0v) is 21.3. The van der Waals surface area contributed by atoms with E-state index in [0.717, 1.165) is 57.3 Å². The molecule has 1 amide bonds. The van der Waals surface area contributed by atoms with Gasteiger partial charge in [-0.05, 0) is 74.5 Å². The number of anilines is 2. The normalized spacial score (nSPS) is 33.1. The summed E-state index contributed by atoms with van der Waals surface area (Å²) in [5.41, 5.74) is 1.25. The average molecular weight is 499 g/mol. The van der Waals surface area contributed by atoms with Crippen LogP contribution < -0.4 is 10.2 Å². The number of likely N-dealkylation sites (tertiary alicyclic amines) is 1. The molecule has 6 rings (SSSR count). The minimum atomic E-state index is -4.04. The fourth-order valence-electron chi connectivity index (χ4n) is 7.11. The Hall–Kier alpha value is -2.42. The van der Waals surface area contributed by atoms with E-state index in [1.54, 1.807) is 12.1 Å². The predicted octanol–water partition coefficient (Wildman–Crippen LogP) is 3.29. The van der Waals surface area contributed by atoms with Crippen molar-refractivity contribution in [2.24, 2.45) is 34.0 Å². The highest BCUT2D eigenvalue weighted by molar-refractivity contribution is 7.90. The highest BCUT2D eigenvalue weighted by Gasteiger charge is 2.60. The van der Waals surface area contributed by atoms with Crippen LogP contribution in [-0.4, -0.2) is 56.5 Å². The lowest BCUT2D eigenvalue weighted by molar-refractivity contribution is -0.152. The number of amidine groups is 1. The third-order valence-corrected chi connectivity index (χ3v) is 10.1. The number of nitrogens with one attached hydrogen (secondary N) is 1. The molecular formula is C26H34N4O4S. The number of hydrogen-bond donors (Lipinski definition) is 1. The van der Waals surface area contributed by atoms with E-state index in [4.69, 9.17) is 0 Å². The van der Waals surface area contributed by atoms with Crippen molar-refractivity contribution < 1.29 is 18.0 Å². The van der Waals surface area contributed by atoms with Crippen molar-refractivity contribution >= 4 is 38.9 Å². The van der Waals surface area contributed by atoms with E-state index >= 15 is 0 Å². The second kappa shape index (κ2) is 8.32. The summed E-state index contributed by atoms with van der Waals surface area (Å²) in [5.74, 6) is -0.768. The molecule has 188 valence electrons. The number of ketones is 1. The number of nitrogens with zero attached hydrogens (tertiary/aromatic N) is 3. The second-order valence-electron chi connectivity index (χ2n) is 11.4. The van der Waals surface area contributed by atoms with Gasteiger partial charge in [0.25, 0.3) is 10.0 Å². The Morgan fingerprint density at radius 2 is 1.86 bits per heavy atom. The van der Waals surface area contributed by atoms with Crippen LogP contribution in [0.2, 0.25) is 0 Å². The number of carbonyl (C=O) groups is 2. The van der Waals surface area contributed by atoms with Crippen LogP contribution in [0.5, 0.6) is 0 Å². The number of fused-ring (bicyclic) bond motifs is 6. The molecule has 9 heteroatoms. The summed E-state index contributed by atoms with van der Waals surface area (Å²) in [5, 5.41) is 3.09. The highest BCUT2D eigenvalue weighted by Crippen LogP contribution is 2.54. The summed E-state index contributed by atoms with van der Waals surface area (Å²) in [6.45, 7) is 6.66. The molecule has 8 nitrogen and oxygen atoms in total. The van der Waals surface area contributed by atoms with Gasteiger partial charge in [-0.25, -0.2) is 0 Å². The van der Waals surface area contributed by atoms with Gasteiger partial charge >= 0.3 is 0 Å². The summed E-state index contributed by atoms with van der Waals surface area (Å²) in [6, 6.07) is 5.26. The Morgan fingerprint density at radius 1 is 1.11 bits per heavy atom. The first-order valence-electron chi connectivity index (χ1n) is 13.1. The second-order valence-corrected chi connectivity index (χ2v) is 12.9. The van der Waals surface area contributed by atoms with Gasteiger partial charge in [0.05, 0.1) is 5.69 Å². The van der Waals surface area contributed by atoms with Gasteiger partial charge in [0.1, 0.15) is 10.7 Å². The van der Waals surface area contributed by atoms with Crippen molar-refractivity contribution in [3.63, 3.8) is 0 Å². The lowest BCUT2D eigenvalue weighted by atomic mass is 9.73. The summed E-state index contributed by atoms with van der Waals surface area (Å²) in [4.78, 5) is 31.8. The molecule has 0 aromatic heterocycles. The van der Waals surface area contributed by atoms with Crippen molar-refractivity contribution in [2.45, 2.75) is 63.3 Å². The quantitative estimate of drug-likeness (QED) is 0.626. The van der Waals surface area contributed by atoms with Crippen LogP contribution in [0.1, 0.15) is 52.4 Å². The fraction of sp³-hybridized carbons (Fsp3) is 0.654. The van der Waals surface area contributed by atoms with Crippen LogP contribution >= 0.6 is 0 Å². The third kappa shape index (κ3) is 3.69. The topological polar surface area (TPSA) is 99.2 Å². The zero-order chi connectivity index (χ0) is 24.5. The molecule has 2 saturated heterocycles. The highest BCUT2D eigenvalue weighted by atomic mass is 32.2. The monoisotopic (exact) mass is 498 g/mol. The Morgan fingerprint density at radius 3 is 2.60 bits per heavy atom. The number of rotatable bonds is 5. The molecule has 3 heterocycles. The van der Waals surface area contributed by atoms with E-state index in [0.29, 0.717) is 24.1 Å². The van der Waals surface area contributed by atoms with E-state index in [2.05, 4.69) is 28.5 Å². The number of piperidine rings is 1. The van der Waals surface area contributed by atoms with Gasteiger partial charge in [-0.2, -0.15) is 8.42 Å². The van der Waals surface area contributed by atoms with Crippen molar-refractivity contribution in [2.75, 3.05) is 29.9 Å². The standard InChI is InChI=1S/C26H34N4O4S/c1-15(2)9-12-30-23-17-6-5-16(13-17)21(23)24(31)22(26(30)32)25-27-19-8-7-18(29-10-3-4-11-29)14-20(19)35(33,34)28-25/h7-8,14-17,21-23H,3-6,9-13H2,1-2H3,(H,27,28)/t16-,17+,21?,22?,23?/m0/s1. The van der Waals surface area contributed by atoms with Crippen LogP contribution in [-0.2, 0) is 19.6 Å². The van der Waals surface area contributed by atoms with Gasteiger partial charge in [0, 0.05) is 37.3 Å². The summed E-state index contributed by atoms with van der Waals surface area (Å²) in [7, 11) is -4.04. The summed E-state index contributed by atoms with van der Waals surface area (Å²) >= 11 is 0. The first-order valence-corrected chi connectivity index (χ1v) is 14.5. The molecule has 3 aliphatic heterocycles. The molecule has 2 bridgehead atoms. The van der Waals surface area contributed by atoms with Gasteiger partial charge in [-0.15, -0.1) is 4.40 Å². The zero-order valence-electron chi connectivity index (χ0n) is 20.4. The largest absolute Gasteiger partial charge is 0.371 e. The van der Waals surface area contributed by atoms with Crippen molar-refractivity contribution in [1.82, 2.24) is 4.90 Å². The van der Waals surface area contributed by atoms with Crippen LogP contribution in [0.4, 0.5) is 11.4 Å². The van der Waals surface area contributed by atoms with Gasteiger partial charge in [0.15, 0.2) is 11.7 Å². The molecule has 5 atom stereocenters. The van der Waals surface area contributed by atoms with E-state index < -0.39 is 15.9 Å². The van der Waals surface area contributed by atoms with E-state index in [1.807, 2.05) is 11.0 Å². The number of hydrogen-bond acceptors (Lipinski definition) is 6. The van der Waals surface area contributed by atoms with Crippen molar-refractivity contribution in [3.05, 3.63) is 18.2 Å². The molecule has 1 aromatic carbocycles. The van der Waals surface area contributed by atoms with Gasteiger partial charge in [-0.1, -0.05) is 13.8 Å². The number of amides is 1.